The van der Waals surface area contributed by atoms with E-state index in [2.05, 4.69) is 23.5 Å². The standard InChI is InChI=1S/C14H21NO/c1-15-11-14(8-3-4-9-14)12-6-5-7-13(10-12)16-2/h5-7,10,15H,3-4,8-9,11H2,1-2H3. The van der Waals surface area contributed by atoms with E-state index in [1.807, 2.05) is 13.1 Å². The number of likely N-dealkylation sites (N-methyl/N-ethyl adjacent to an activating group) is 1. The van der Waals surface area contributed by atoms with Crippen LogP contribution in [-0.2, 0) is 5.41 Å². The molecule has 1 aromatic carbocycles. The normalized spacial score (nSPS) is 18.6. The summed E-state index contributed by atoms with van der Waals surface area (Å²) < 4.78 is 5.32. The second-order valence-corrected chi connectivity index (χ2v) is 4.75. The van der Waals surface area contributed by atoms with E-state index in [4.69, 9.17) is 4.74 Å². The fourth-order valence-electron chi connectivity index (χ4n) is 2.91. The number of hydrogen-bond donors (Lipinski definition) is 1. The highest BCUT2D eigenvalue weighted by Crippen LogP contribution is 2.41. The van der Waals surface area contributed by atoms with Crippen molar-refractivity contribution in [1.82, 2.24) is 5.32 Å². The van der Waals surface area contributed by atoms with E-state index < -0.39 is 0 Å². The third-order valence-electron chi connectivity index (χ3n) is 3.76. The first-order valence-electron chi connectivity index (χ1n) is 6.10. The predicted octanol–water partition coefficient (Wildman–Crippen LogP) is 2.73. The minimum Gasteiger partial charge on any atom is -0.497 e. The van der Waals surface area contributed by atoms with Gasteiger partial charge in [-0.2, -0.15) is 0 Å². The number of benzene rings is 1. The molecule has 0 bridgehead atoms. The Hall–Kier alpha value is -1.02. The topological polar surface area (TPSA) is 21.3 Å². The maximum Gasteiger partial charge on any atom is 0.119 e. The minimum atomic E-state index is 0.337. The van der Waals surface area contributed by atoms with Gasteiger partial charge in [-0.1, -0.05) is 25.0 Å². The third-order valence-corrected chi connectivity index (χ3v) is 3.76. The number of methoxy groups -OCH3 is 1. The van der Waals surface area contributed by atoms with E-state index in [1.54, 1.807) is 7.11 Å². The fraction of sp³-hybridized carbons (Fsp3) is 0.571. The maximum absolute atomic E-state index is 5.32. The lowest BCUT2D eigenvalue weighted by Gasteiger charge is -2.29. The average molecular weight is 219 g/mol. The van der Waals surface area contributed by atoms with Crippen LogP contribution in [-0.4, -0.2) is 20.7 Å². The van der Waals surface area contributed by atoms with Crippen LogP contribution >= 0.6 is 0 Å². The Morgan fingerprint density at radius 1 is 1.31 bits per heavy atom. The molecule has 1 saturated carbocycles. The Morgan fingerprint density at radius 3 is 2.69 bits per heavy atom. The van der Waals surface area contributed by atoms with E-state index >= 15 is 0 Å². The second-order valence-electron chi connectivity index (χ2n) is 4.75. The SMILES string of the molecule is CNCC1(c2cccc(OC)c2)CCCC1. The molecule has 0 amide bonds. The van der Waals surface area contributed by atoms with E-state index in [1.165, 1.54) is 31.2 Å². The predicted molar refractivity (Wildman–Crippen MR) is 67.1 cm³/mol. The van der Waals surface area contributed by atoms with Crippen molar-refractivity contribution in [3.8, 4) is 5.75 Å². The molecule has 1 aliphatic rings. The van der Waals surface area contributed by atoms with Crippen LogP contribution in [0.25, 0.3) is 0 Å². The molecule has 0 aliphatic heterocycles. The molecular formula is C14H21NO. The Kier molecular flexibility index (Phi) is 3.49. The Balaban J connectivity index is 2.30. The maximum atomic E-state index is 5.32. The number of rotatable bonds is 4. The molecule has 16 heavy (non-hydrogen) atoms. The monoisotopic (exact) mass is 219 g/mol. The van der Waals surface area contributed by atoms with Gasteiger partial charge in [0.15, 0.2) is 0 Å². The van der Waals surface area contributed by atoms with E-state index in [9.17, 15) is 0 Å². The molecule has 0 spiro atoms. The molecule has 2 nitrogen and oxygen atoms in total. The van der Waals surface area contributed by atoms with Crippen molar-refractivity contribution in [3.63, 3.8) is 0 Å². The van der Waals surface area contributed by atoms with Gasteiger partial charge in [-0.15, -0.1) is 0 Å². The number of hydrogen-bond acceptors (Lipinski definition) is 2. The molecular weight excluding hydrogens is 198 g/mol. The summed E-state index contributed by atoms with van der Waals surface area (Å²) in [7, 11) is 3.78. The first kappa shape index (κ1) is 11.5. The summed E-state index contributed by atoms with van der Waals surface area (Å²) in [5.41, 5.74) is 1.77. The third kappa shape index (κ3) is 2.07. The van der Waals surface area contributed by atoms with Crippen LogP contribution < -0.4 is 10.1 Å². The molecule has 0 radical (unpaired) electrons. The lowest BCUT2D eigenvalue weighted by Crippen LogP contribution is -2.34. The molecule has 1 aliphatic carbocycles. The van der Waals surface area contributed by atoms with Crippen LogP contribution in [0.1, 0.15) is 31.2 Å². The summed E-state index contributed by atoms with van der Waals surface area (Å²) in [6.07, 6.45) is 5.28. The van der Waals surface area contributed by atoms with Gasteiger partial charge in [0.05, 0.1) is 7.11 Å². The molecule has 88 valence electrons. The first-order valence-corrected chi connectivity index (χ1v) is 6.10. The van der Waals surface area contributed by atoms with Gasteiger partial charge in [-0.05, 0) is 37.6 Å². The van der Waals surface area contributed by atoms with Gasteiger partial charge in [0, 0.05) is 12.0 Å². The molecule has 1 aromatic rings. The van der Waals surface area contributed by atoms with Crippen molar-refractivity contribution >= 4 is 0 Å². The molecule has 0 aromatic heterocycles. The van der Waals surface area contributed by atoms with Crippen LogP contribution in [0.2, 0.25) is 0 Å². The van der Waals surface area contributed by atoms with Gasteiger partial charge in [0.2, 0.25) is 0 Å². The summed E-state index contributed by atoms with van der Waals surface area (Å²) in [6.45, 7) is 1.07. The van der Waals surface area contributed by atoms with Crippen LogP contribution in [0.3, 0.4) is 0 Å². The molecule has 0 atom stereocenters. The highest BCUT2D eigenvalue weighted by atomic mass is 16.5. The lowest BCUT2D eigenvalue weighted by atomic mass is 9.79. The highest BCUT2D eigenvalue weighted by molar-refractivity contribution is 5.35. The van der Waals surface area contributed by atoms with E-state index in [0.29, 0.717) is 5.41 Å². The average Bonchev–Trinajstić information content (AvgIpc) is 2.80. The van der Waals surface area contributed by atoms with Gasteiger partial charge >= 0.3 is 0 Å². The molecule has 1 fully saturated rings. The lowest BCUT2D eigenvalue weighted by molar-refractivity contribution is 0.400. The minimum absolute atomic E-state index is 0.337. The Labute approximate surface area is 98.0 Å². The summed E-state index contributed by atoms with van der Waals surface area (Å²) in [5.74, 6) is 0.972. The molecule has 1 N–H and O–H groups in total. The molecule has 2 rings (SSSR count). The molecule has 0 unspecified atom stereocenters. The summed E-state index contributed by atoms with van der Waals surface area (Å²) >= 11 is 0. The van der Waals surface area contributed by atoms with Crippen LogP contribution in [0.5, 0.6) is 5.75 Å². The summed E-state index contributed by atoms with van der Waals surface area (Å²) in [6, 6.07) is 8.56. The summed E-state index contributed by atoms with van der Waals surface area (Å²) in [5, 5.41) is 3.35. The second kappa shape index (κ2) is 4.88. The zero-order chi connectivity index (χ0) is 11.4. The van der Waals surface area contributed by atoms with Crippen LogP contribution in [0, 0.1) is 0 Å². The highest BCUT2D eigenvalue weighted by Gasteiger charge is 2.34. The zero-order valence-electron chi connectivity index (χ0n) is 10.3. The van der Waals surface area contributed by atoms with Crippen molar-refractivity contribution < 1.29 is 4.74 Å². The Morgan fingerprint density at radius 2 is 2.06 bits per heavy atom. The molecule has 0 heterocycles. The van der Waals surface area contributed by atoms with Crippen molar-refractivity contribution in [2.45, 2.75) is 31.1 Å². The first-order chi connectivity index (χ1) is 7.80. The van der Waals surface area contributed by atoms with Crippen molar-refractivity contribution in [3.05, 3.63) is 29.8 Å². The fourth-order valence-corrected chi connectivity index (χ4v) is 2.91. The smallest absolute Gasteiger partial charge is 0.119 e. The Bertz CT molecular complexity index is 342. The van der Waals surface area contributed by atoms with Gasteiger partial charge in [-0.3, -0.25) is 0 Å². The van der Waals surface area contributed by atoms with Crippen molar-refractivity contribution in [1.29, 1.82) is 0 Å². The van der Waals surface area contributed by atoms with Gasteiger partial charge < -0.3 is 10.1 Å². The van der Waals surface area contributed by atoms with E-state index in [-0.39, 0.29) is 0 Å². The van der Waals surface area contributed by atoms with E-state index in [0.717, 1.165) is 12.3 Å². The van der Waals surface area contributed by atoms with Gasteiger partial charge in [0.25, 0.3) is 0 Å². The zero-order valence-corrected chi connectivity index (χ0v) is 10.3. The van der Waals surface area contributed by atoms with Crippen molar-refractivity contribution in [2.75, 3.05) is 20.7 Å². The number of ether oxygens (including phenoxy) is 1. The number of nitrogens with one attached hydrogen (secondary N) is 1. The van der Waals surface area contributed by atoms with Crippen LogP contribution in [0.4, 0.5) is 0 Å². The largest absolute Gasteiger partial charge is 0.497 e. The van der Waals surface area contributed by atoms with Crippen LogP contribution in [0.15, 0.2) is 24.3 Å². The van der Waals surface area contributed by atoms with Crippen molar-refractivity contribution in [2.24, 2.45) is 0 Å². The van der Waals surface area contributed by atoms with Gasteiger partial charge in [0.1, 0.15) is 5.75 Å². The molecule has 2 heteroatoms. The van der Waals surface area contributed by atoms with Gasteiger partial charge in [-0.25, -0.2) is 0 Å². The molecule has 0 saturated heterocycles. The quantitative estimate of drug-likeness (QED) is 0.840. The summed E-state index contributed by atoms with van der Waals surface area (Å²) in [4.78, 5) is 0.